The third-order valence-electron chi connectivity index (χ3n) is 4.63. The lowest BCUT2D eigenvalue weighted by Gasteiger charge is -2.26. The van der Waals surface area contributed by atoms with Crippen LogP contribution in [0.15, 0.2) is 42.5 Å². The number of amides is 1. The highest BCUT2D eigenvalue weighted by atomic mass is 35.5. The number of rotatable bonds is 7. The van der Waals surface area contributed by atoms with Gasteiger partial charge in [0.25, 0.3) is 5.24 Å². The highest BCUT2D eigenvalue weighted by Crippen LogP contribution is 2.34. The maximum atomic E-state index is 12.5. The molecule has 1 amide bonds. The van der Waals surface area contributed by atoms with E-state index < -0.39 is 27.4 Å². The smallest absolute Gasteiger partial charge is 0.304 e. The lowest BCUT2D eigenvalue weighted by molar-refractivity contribution is -0.118. The van der Waals surface area contributed by atoms with Crippen molar-refractivity contribution in [2.45, 2.75) is 12.5 Å². The maximum Gasteiger partial charge on any atom is 0.304 e. The van der Waals surface area contributed by atoms with Crippen LogP contribution in [0.1, 0.15) is 27.5 Å². The van der Waals surface area contributed by atoms with E-state index in [1.807, 2.05) is 4.72 Å². The highest BCUT2D eigenvalue weighted by Gasteiger charge is 2.40. The highest BCUT2D eigenvalue weighted by molar-refractivity contribution is 7.88. The third-order valence-corrected chi connectivity index (χ3v) is 6.33. The summed E-state index contributed by atoms with van der Waals surface area (Å²) in [7, 11) is -0.949. The second-order valence-corrected chi connectivity index (χ2v) is 8.34. The van der Waals surface area contributed by atoms with Gasteiger partial charge in [0.2, 0.25) is 5.91 Å². The molecule has 0 bridgehead atoms. The summed E-state index contributed by atoms with van der Waals surface area (Å²) in [5, 5.41) is -0.615. The number of benzene rings is 2. The quantitative estimate of drug-likeness (QED) is 0.664. The van der Waals surface area contributed by atoms with Gasteiger partial charge in [-0.05, 0) is 47.3 Å². The first-order valence-corrected chi connectivity index (χ1v) is 10.4. The Morgan fingerprint density at radius 2 is 1.86 bits per heavy atom. The van der Waals surface area contributed by atoms with Gasteiger partial charge in [-0.2, -0.15) is 12.7 Å². The monoisotopic (exact) mass is 438 g/mol. The Morgan fingerprint density at radius 1 is 1.17 bits per heavy atom. The van der Waals surface area contributed by atoms with Crippen LogP contribution in [0, 0.1) is 0 Å². The van der Waals surface area contributed by atoms with Gasteiger partial charge < -0.3 is 9.47 Å². The molecule has 1 N–H and O–H groups in total. The molecular formula is C19H19ClN2O6S. The SMILES string of the molecule is COc1ccc(C[C@@H](c2ccc(C(=O)Cl)cc2)N2CC(=O)NS2(=O)=O)c(OC)c1. The lowest BCUT2D eigenvalue weighted by Crippen LogP contribution is -2.34. The number of hydrogen-bond acceptors (Lipinski definition) is 6. The summed E-state index contributed by atoms with van der Waals surface area (Å²) in [5.74, 6) is 0.514. The van der Waals surface area contributed by atoms with Crippen LogP contribution in [0.5, 0.6) is 11.5 Å². The molecule has 0 spiro atoms. The van der Waals surface area contributed by atoms with Gasteiger partial charge in [0.1, 0.15) is 11.5 Å². The van der Waals surface area contributed by atoms with E-state index in [4.69, 9.17) is 21.1 Å². The van der Waals surface area contributed by atoms with Crippen LogP contribution >= 0.6 is 11.6 Å². The Balaban J connectivity index is 2.04. The van der Waals surface area contributed by atoms with E-state index in [-0.39, 0.29) is 18.5 Å². The van der Waals surface area contributed by atoms with Gasteiger partial charge in [-0.3, -0.25) is 9.59 Å². The van der Waals surface area contributed by atoms with E-state index in [2.05, 4.69) is 0 Å². The Kier molecular flexibility index (Phi) is 6.11. The Morgan fingerprint density at radius 3 is 2.38 bits per heavy atom. The molecule has 1 fully saturated rings. The first-order chi connectivity index (χ1) is 13.7. The van der Waals surface area contributed by atoms with E-state index in [1.165, 1.54) is 26.4 Å². The zero-order chi connectivity index (χ0) is 21.2. The van der Waals surface area contributed by atoms with Gasteiger partial charge in [0.15, 0.2) is 0 Å². The molecule has 1 aliphatic rings. The van der Waals surface area contributed by atoms with Crippen molar-refractivity contribution in [1.29, 1.82) is 0 Å². The second kappa shape index (κ2) is 8.40. The first kappa shape index (κ1) is 21.1. The second-order valence-electron chi connectivity index (χ2n) is 6.37. The van der Waals surface area contributed by atoms with Crippen LogP contribution in [0.2, 0.25) is 0 Å². The molecule has 2 aromatic carbocycles. The largest absolute Gasteiger partial charge is 0.497 e. The topological polar surface area (TPSA) is 102 Å². The summed E-state index contributed by atoms with van der Waals surface area (Å²) < 4.78 is 38.6. The van der Waals surface area contributed by atoms with Crippen molar-refractivity contribution in [2.75, 3.05) is 20.8 Å². The van der Waals surface area contributed by atoms with Gasteiger partial charge in [-0.25, -0.2) is 4.72 Å². The summed E-state index contributed by atoms with van der Waals surface area (Å²) in [4.78, 5) is 23.1. The number of carbonyl (C=O) groups excluding carboxylic acids is 2. The van der Waals surface area contributed by atoms with Gasteiger partial charge in [0, 0.05) is 11.6 Å². The molecule has 1 heterocycles. The maximum absolute atomic E-state index is 12.5. The first-order valence-electron chi connectivity index (χ1n) is 8.58. The lowest BCUT2D eigenvalue weighted by atomic mass is 9.97. The van der Waals surface area contributed by atoms with Crippen molar-refractivity contribution in [2.24, 2.45) is 0 Å². The van der Waals surface area contributed by atoms with E-state index in [0.29, 0.717) is 17.1 Å². The number of hydrogen-bond donors (Lipinski definition) is 1. The van der Waals surface area contributed by atoms with Crippen molar-refractivity contribution in [3.05, 3.63) is 59.2 Å². The molecule has 1 saturated heterocycles. The van der Waals surface area contributed by atoms with Crippen molar-refractivity contribution in [3.8, 4) is 11.5 Å². The Bertz CT molecular complexity index is 1040. The summed E-state index contributed by atoms with van der Waals surface area (Å²) in [6, 6.07) is 10.8. The molecule has 29 heavy (non-hydrogen) atoms. The minimum absolute atomic E-state index is 0.232. The molecule has 1 atom stereocenters. The number of halogens is 1. The van der Waals surface area contributed by atoms with Gasteiger partial charge in [-0.15, -0.1) is 0 Å². The molecule has 3 rings (SSSR count). The number of carbonyl (C=O) groups is 2. The molecule has 0 aromatic heterocycles. The number of nitrogens with zero attached hydrogens (tertiary/aromatic N) is 1. The predicted octanol–water partition coefficient (Wildman–Crippen LogP) is 2.04. The van der Waals surface area contributed by atoms with E-state index in [9.17, 15) is 18.0 Å². The van der Waals surface area contributed by atoms with Crippen LogP contribution in [0.4, 0.5) is 0 Å². The van der Waals surface area contributed by atoms with Crippen LogP contribution in [-0.4, -0.2) is 44.6 Å². The number of ether oxygens (including phenoxy) is 2. The average Bonchev–Trinajstić information content (AvgIpc) is 2.97. The van der Waals surface area contributed by atoms with Gasteiger partial charge >= 0.3 is 10.2 Å². The number of nitrogens with one attached hydrogen (secondary N) is 1. The fourth-order valence-electron chi connectivity index (χ4n) is 3.19. The third kappa shape index (κ3) is 4.52. The molecule has 0 radical (unpaired) electrons. The standard InChI is InChI=1S/C19H19ClN2O6S/c1-27-15-8-7-14(17(10-15)28-2)9-16(22-11-18(23)21-29(22,25)26)12-3-5-13(6-4-12)19(20)24/h3-8,10,16H,9,11H2,1-2H3,(H,21,23)/t16-/m0/s1. The Labute approximate surface area is 173 Å². The molecule has 1 aliphatic heterocycles. The van der Waals surface area contributed by atoms with E-state index >= 15 is 0 Å². The van der Waals surface area contributed by atoms with E-state index in [0.717, 1.165) is 9.87 Å². The van der Waals surface area contributed by atoms with Gasteiger partial charge in [0.05, 0.1) is 26.8 Å². The molecule has 0 unspecified atom stereocenters. The zero-order valence-corrected chi connectivity index (χ0v) is 17.3. The van der Waals surface area contributed by atoms with Gasteiger partial charge in [-0.1, -0.05) is 18.2 Å². The average molecular weight is 439 g/mol. The molecule has 2 aromatic rings. The Hall–Kier alpha value is -2.62. The number of methoxy groups -OCH3 is 2. The molecule has 10 heteroatoms. The van der Waals surface area contributed by atoms with Crippen molar-refractivity contribution in [1.82, 2.24) is 9.03 Å². The fourth-order valence-corrected chi connectivity index (χ4v) is 4.60. The predicted molar refractivity (Wildman–Crippen MR) is 106 cm³/mol. The molecule has 0 saturated carbocycles. The minimum Gasteiger partial charge on any atom is -0.497 e. The summed E-state index contributed by atoms with van der Waals surface area (Å²) in [5.41, 5.74) is 1.62. The summed E-state index contributed by atoms with van der Waals surface area (Å²) in [6.45, 7) is -0.304. The minimum atomic E-state index is -3.99. The van der Waals surface area contributed by atoms with Crippen molar-refractivity contribution >= 4 is 33.0 Å². The molecule has 0 aliphatic carbocycles. The van der Waals surface area contributed by atoms with Crippen LogP contribution in [0.3, 0.4) is 0 Å². The molecular weight excluding hydrogens is 420 g/mol. The zero-order valence-electron chi connectivity index (χ0n) is 15.7. The summed E-state index contributed by atoms with van der Waals surface area (Å²) in [6.07, 6.45) is 0.232. The van der Waals surface area contributed by atoms with Crippen molar-refractivity contribution < 1.29 is 27.5 Å². The molecule has 8 nitrogen and oxygen atoms in total. The molecule has 154 valence electrons. The van der Waals surface area contributed by atoms with Crippen LogP contribution < -0.4 is 14.2 Å². The van der Waals surface area contributed by atoms with Crippen LogP contribution in [-0.2, 0) is 21.4 Å². The fraction of sp³-hybridized carbons (Fsp3) is 0.263. The van der Waals surface area contributed by atoms with Crippen molar-refractivity contribution in [3.63, 3.8) is 0 Å². The summed E-state index contributed by atoms with van der Waals surface area (Å²) >= 11 is 5.50. The van der Waals surface area contributed by atoms with E-state index in [1.54, 1.807) is 30.3 Å². The normalized spacial score (nSPS) is 16.9. The van der Waals surface area contributed by atoms with Crippen LogP contribution in [0.25, 0.3) is 0 Å².